The fraction of sp³-hybridized carbons (Fsp3) is 0.303. The Hall–Kier alpha value is -5.05. The number of nitriles is 1. The van der Waals surface area contributed by atoms with E-state index in [0.717, 1.165) is 34.1 Å². The van der Waals surface area contributed by atoms with Gasteiger partial charge in [0.1, 0.15) is 29.2 Å². The first-order chi connectivity index (χ1) is 21.1. The number of likely N-dealkylation sites (N-methyl/N-ethyl adjacent to an activating group) is 1. The smallest absolute Gasteiger partial charge is 0.324 e. The summed E-state index contributed by atoms with van der Waals surface area (Å²) in [5.41, 5.74) is 10.6. The Morgan fingerprint density at radius 3 is 2.66 bits per heavy atom. The number of rotatable bonds is 12. The van der Waals surface area contributed by atoms with Crippen LogP contribution in [0.25, 0.3) is 33.3 Å². The highest BCUT2D eigenvalue weighted by Gasteiger charge is 2.22. The van der Waals surface area contributed by atoms with Crippen molar-refractivity contribution < 1.29 is 19.1 Å². The predicted octanol–water partition coefficient (Wildman–Crippen LogP) is 4.58. The lowest BCUT2D eigenvalue weighted by molar-refractivity contribution is -0.150. The van der Waals surface area contributed by atoms with Gasteiger partial charge in [-0.25, -0.2) is 9.97 Å². The number of esters is 1. The number of nitrogens with zero attached hydrogens (tertiary/aromatic N) is 5. The van der Waals surface area contributed by atoms with Gasteiger partial charge in [-0.3, -0.25) is 14.2 Å². The van der Waals surface area contributed by atoms with Gasteiger partial charge in [0.2, 0.25) is 5.91 Å². The van der Waals surface area contributed by atoms with E-state index in [1.165, 1.54) is 6.08 Å². The van der Waals surface area contributed by atoms with Gasteiger partial charge < -0.3 is 25.4 Å². The maximum Gasteiger partial charge on any atom is 0.324 e. The number of hydrogen-bond acceptors (Lipinski definition) is 9. The molecule has 0 saturated heterocycles. The molecule has 4 rings (SSSR count). The lowest BCUT2D eigenvalue weighted by Gasteiger charge is -2.17. The summed E-state index contributed by atoms with van der Waals surface area (Å²) in [6.45, 7) is 4.43. The van der Waals surface area contributed by atoms with E-state index in [4.69, 9.17) is 20.2 Å². The molecule has 2 atom stereocenters. The summed E-state index contributed by atoms with van der Waals surface area (Å²) in [7, 11) is 5.41. The first kappa shape index (κ1) is 31.9. The Balaban J connectivity index is 1.74. The van der Waals surface area contributed by atoms with Crippen molar-refractivity contribution in [3.05, 3.63) is 72.8 Å². The monoisotopic (exact) mass is 595 g/mol. The van der Waals surface area contributed by atoms with E-state index in [-0.39, 0.29) is 24.2 Å². The van der Waals surface area contributed by atoms with Gasteiger partial charge in [-0.1, -0.05) is 26.3 Å². The van der Waals surface area contributed by atoms with E-state index in [1.807, 2.05) is 57.2 Å². The first-order valence-corrected chi connectivity index (χ1v) is 14.2. The minimum atomic E-state index is -0.731. The zero-order valence-electron chi connectivity index (χ0n) is 25.6. The van der Waals surface area contributed by atoms with E-state index >= 15 is 0 Å². The number of methoxy groups -OCH3 is 1. The maximum atomic E-state index is 12.6. The van der Waals surface area contributed by atoms with Crippen molar-refractivity contribution in [3.63, 3.8) is 0 Å². The Kier molecular flexibility index (Phi) is 10.4. The van der Waals surface area contributed by atoms with Crippen LogP contribution in [0.5, 0.6) is 5.75 Å². The minimum Gasteiger partial charge on any atom is -0.497 e. The Labute approximate surface area is 256 Å². The number of hydrogen-bond donors (Lipinski definition) is 2. The molecule has 0 radical (unpaired) electrons. The molecule has 3 aromatic heterocycles. The zero-order chi connectivity index (χ0) is 31.8. The van der Waals surface area contributed by atoms with Crippen LogP contribution in [0.15, 0.2) is 67.1 Å². The van der Waals surface area contributed by atoms with Crippen molar-refractivity contribution in [1.29, 1.82) is 5.26 Å². The summed E-state index contributed by atoms with van der Waals surface area (Å²) < 4.78 is 12.8. The maximum absolute atomic E-state index is 12.6. The van der Waals surface area contributed by atoms with Crippen molar-refractivity contribution in [2.75, 3.05) is 33.1 Å². The van der Waals surface area contributed by atoms with Gasteiger partial charge in [-0.2, -0.15) is 5.26 Å². The van der Waals surface area contributed by atoms with Crippen LogP contribution in [0.2, 0.25) is 0 Å². The third-order valence-corrected chi connectivity index (χ3v) is 7.26. The molecule has 0 aliphatic heterocycles. The SMILES string of the molecule is CCC(C)C(N)C(=O)OCn1cc(-c2ccnc(C#N)c2)c2cc(-c3cc(NC(=O)/C=C/CN(C)C)cc(OC)c3)cnc21. The predicted molar refractivity (Wildman–Crippen MR) is 170 cm³/mol. The molecule has 4 aromatic rings. The first-order valence-electron chi connectivity index (χ1n) is 14.2. The molecule has 0 fully saturated rings. The van der Waals surface area contributed by atoms with Crippen LogP contribution in [-0.4, -0.2) is 65.1 Å². The van der Waals surface area contributed by atoms with Crippen LogP contribution in [0.4, 0.5) is 5.69 Å². The second-order valence-electron chi connectivity index (χ2n) is 10.8. The molecular weight excluding hydrogens is 558 g/mol. The van der Waals surface area contributed by atoms with Crippen molar-refractivity contribution in [1.82, 2.24) is 19.4 Å². The number of benzene rings is 1. The standard InChI is InChI=1S/C33H37N7O4/c1-6-21(2)31(35)33(42)44-20-40-19-29(22-9-10-36-26(12-22)17-34)28-15-24(18-37-32(28)40)23-13-25(16-27(14-23)43-5)38-30(41)8-7-11-39(3)4/h7-10,12-16,18-19,21,31H,6,11,20,35H2,1-5H3,(H,38,41)/b8-7+. The molecular formula is C33H37N7O4. The van der Waals surface area contributed by atoms with E-state index in [2.05, 4.69) is 16.4 Å². The summed E-state index contributed by atoms with van der Waals surface area (Å²) in [5, 5.41) is 13.1. The number of nitrogens with one attached hydrogen (secondary N) is 1. The fourth-order valence-corrected chi connectivity index (χ4v) is 4.54. The summed E-state index contributed by atoms with van der Waals surface area (Å²) in [6, 6.07) is 12.3. The number of nitrogens with two attached hydrogens (primary N) is 1. The molecule has 11 heteroatoms. The van der Waals surface area contributed by atoms with Crippen LogP contribution in [0, 0.1) is 17.2 Å². The molecule has 228 valence electrons. The molecule has 11 nitrogen and oxygen atoms in total. The zero-order valence-corrected chi connectivity index (χ0v) is 25.6. The number of anilines is 1. The number of carbonyl (C=O) groups is 2. The van der Waals surface area contributed by atoms with Gasteiger partial charge in [0.25, 0.3) is 0 Å². The highest BCUT2D eigenvalue weighted by atomic mass is 16.5. The molecule has 2 unspecified atom stereocenters. The molecule has 44 heavy (non-hydrogen) atoms. The second kappa shape index (κ2) is 14.4. The van der Waals surface area contributed by atoms with E-state index in [9.17, 15) is 14.9 Å². The quantitative estimate of drug-likeness (QED) is 0.177. The average molecular weight is 596 g/mol. The fourth-order valence-electron chi connectivity index (χ4n) is 4.54. The van der Waals surface area contributed by atoms with Gasteiger partial charge in [0.05, 0.1) is 7.11 Å². The molecule has 0 aliphatic carbocycles. The van der Waals surface area contributed by atoms with E-state index in [1.54, 1.807) is 48.3 Å². The third-order valence-electron chi connectivity index (χ3n) is 7.26. The number of carbonyl (C=O) groups excluding carboxylic acids is 2. The summed E-state index contributed by atoms with van der Waals surface area (Å²) in [4.78, 5) is 36.0. The molecule has 1 aromatic carbocycles. The van der Waals surface area contributed by atoms with Crippen LogP contribution >= 0.6 is 0 Å². The Bertz CT molecular complexity index is 1720. The van der Waals surface area contributed by atoms with Crippen molar-refractivity contribution in [3.8, 4) is 34.1 Å². The largest absolute Gasteiger partial charge is 0.497 e. The van der Waals surface area contributed by atoms with Gasteiger partial charge in [0, 0.05) is 59.5 Å². The molecule has 3 N–H and O–H groups in total. The molecule has 1 amide bonds. The number of amides is 1. The number of ether oxygens (including phenoxy) is 2. The van der Waals surface area contributed by atoms with E-state index < -0.39 is 12.0 Å². The van der Waals surface area contributed by atoms with Crippen LogP contribution < -0.4 is 15.8 Å². The molecule has 3 heterocycles. The Morgan fingerprint density at radius 2 is 1.95 bits per heavy atom. The third kappa shape index (κ3) is 7.66. The van der Waals surface area contributed by atoms with Gasteiger partial charge in [-0.05, 0) is 61.5 Å². The van der Waals surface area contributed by atoms with E-state index in [0.29, 0.717) is 23.6 Å². The number of aromatic nitrogens is 3. The van der Waals surface area contributed by atoms with Crippen LogP contribution in [-0.2, 0) is 21.1 Å². The average Bonchev–Trinajstić information content (AvgIpc) is 3.40. The highest BCUT2D eigenvalue weighted by Crippen LogP contribution is 2.35. The van der Waals surface area contributed by atoms with Gasteiger partial charge >= 0.3 is 5.97 Å². The Morgan fingerprint density at radius 1 is 1.16 bits per heavy atom. The number of fused-ring (bicyclic) bond motifs is 1. The van der Waals surface area contributed by atoms with Gasteiger partial charge in [-0.15, -0.1) is 0 Å². The normalized spacial score (nSPS) is 12.7. The number of pyridine rings is 2. The van der Waals surface area contributed by atoms with Crippen molar-refractivity contribution in [2.45, 2.75) is 33.0 Å². The summed E-state index contributed by atoms with van der Waals surface area (Å²) >= 11 is 0. The summed E-state index contributed by atoms with van der Waals surface area (Å²) in [6.07, 6.45) is 9.14. The van der Waals surface area contributed by atoms with Crippen LogP contribution in [0.1, 0.15) is 26.0 Å². The summed E-state index contributed by atoms with van der Waals surface area (Å²) in [5.74, 6) is -0.205. The molecule has 0 saturated carbocycles. The van der Waals surface area contributed by atoms with Gasteiger partial charge in [0.15, 0.2) is 6.73 Å². The molecule has 0 bridgehead atoms. The van der Waals surface area contributed by atoms with Crippen molar-refractivity contribution in [2.24, 2.45) is 11.7 Å². The van der Waals surface area contributed by atoms with Crippen LogP contribution in [0.3, 0.4) is 0 Å². The topological polar surface area (TPSA) is 148 Å². The lowest BCUT2D eigenvalue weighted by Crippen LogP contribution is -2.38. The highest BCUT2D eigenvalue weighted by molar-refractivity contribution is 6.00. The second-order valence-corrected chi connectivity index (χ2v) is 10.8. The lowest BCUT2D eigenvalue weighted by atomic mass is 10.0. The molecule has 0 aliphatic rings. The van der Waals surface area contributed by atoms with Crippen molar-refractivity contribution >= 4 is 28.6 Å². The molecule has 0 spiro atoms. The minimum absolute atomic E-state index is 0.0204.